The van der Waals surface area contributed by atoms with Crippen LogP contribution in [0.25, 0.3) is 16.7 Å². The Morgan fingerprint density at radius 2 is 1.96 bits per heavy atom. The molecule has 0 bridgehead atoms. The Hall–Kier alpha value is -1.78. The van der Waals surface area contributed by atoms with Gasteiger partial charge in [-0.2, -0.15) is 0 Å². The smallest absolute Gasteiger partial charge is 0.258 e. The van der Waals surface area contributed by atoms with Crippen LogP contribution in [0.1, 0.15) is 17.2 Å². The molecule has 4 rings (SSSR count). The fourth-order valence-corrected chi connectivity index (χ4v) is 4.88. The van der Waals surface area contributed by atoms with Gasteiger partial charge in [-0.3, -0.25) is 9.20 Å². The molecule has 7 nitrogen and oxygen atoms in total. The molecule has 0 unspecified atom stereocenters. The molecule has 0 aliphatic rings. The second-order valence-electron chi connectivity index (χ2n) is 5.74. The molecular weight excluding hydrogens is 484 g/mol. The monoisotopic (exact) mass is 494 g/mol. The van der Waals surface area contributed by atoms with E-state index in [0.717, 1.165) is 20.3 Å². The molecule has 132 valence electrons. The van der Waals surface area contributed by atoms with Crippen molar-refractivity contribution in [3.05, 3.63) is 54.7 Å². The Morgan fingerprint density at radius 1 is 1.15 bits per heavy atom. The third-order valence-corrected chi connectivity index (χ3v) is 5.78. The number of halogens is 2. The average molecular weight is 496 g/mol. The van der Waals surface area contributed by atoms with Gasteiger partial charge in [0.2, 0.25) is 0 Å². The number of thioether (sulfide) groups is 1. The summed E-state index contributed by atoms with van der Waals surface area (Å²) < 4.78 is 3.48. The third-order valence-electron chi connectivity index (χ3n) is 3.78. The highest BCUT2D eigenvalue weighted by atomic mass is 79.9. The van der Waals surface area contributed by atoms with Crippen LogP contribution in [-0.4, -0.2) is 29.5 Å². The van der Waals surface area contributed by atoms with E-state index < -0.39 is 0 Å². The Balaban J connectivity index is 1.70. The molecule has 10 heteroatoms. The number of H-pyrrole nitrogens is 1. The van der Waals surface area contributed by atoms with Crippen molar-refractivity contribution >= 4 is 60.3 Å². The van der Waals surface area contributed by atoms with Crippen molar-refractivity contribution in [3.63, 3.8) is 0 Å². The molecular formula is C16H12Br2N6OS. The Bertz CT molecular complexity index is 1220. The van der Waals surface area contributed by atoms with E-state index in [0.29, 0.717) is 33.4 Å². The normalized spacial score (nSPS) is 11.5. The molecule has 0 spiro atoms. The molecule has 1 N–H and O–H groups in total. The minimum absolute atomic E-state index is 0.174. The molecule has 3 heterocycles. The second-order valence-corrected chi connectivity index (χ2v) is 8.45. The van der Waals surface area contributed by atoms with E-state index >= 15 is 0 Å². The Morgan fingerprint density at radius 3 is 2.77 bits per heavy atom. The van der Waals surface area contributed by atoms with Gasteiger partial charge in [0, 0.05) is 20.3 Å². The number of hydrogen-bond donors (Lipinski definition) is 1. The summed E-state index contributed by atoms with van der Waals surface area (Å²) in [5.41, 5.74) is 2.36. The van der Waals surface area contributed by atoms with Crippen molar-refractivity contribution in [1.82, 2.24) is 29.5 Å². The third kappa shape index (κ3) is 3.17. The van der Waals surface area contributed by atoms with Gasteiger partial charge in [-0.15, -0.1) is 10.2 Å². The molecule has 0 aliphatic heterocycles. The Labute approximate surface area is 168 Å². The number of rotatable bonds is 3. The quantitative estimate of drug-likeness (QED) is 0.435. The minimum Gasteiger partial charge on any atom is -0.309 e. The lowest BCUT2D eigenvalue weighted by atomic mass is 10.2. The van der Waals surface area contributed by atoms with Gasteiger partial charge in [0.15, 0.2) is 5.16 Å². The number of fused-ring (bicyclic) bond motifs is 2. The van der Waals surface area contributed by atoms with Crippen molar-refractivity contribution in [2.75, 3.05) is 0 Å². The maximum Gasteiger partial charge on any atom is 0.258 e. The number of benzene rings is 1. The van der Waals surface area contributed by atoms with Gasteiger partial charge in [-0.25, -0.2) is 9.97 Å². The number of aryl methyl sites for hydroxylation is 2. The first-order valence-electron chi connectivity index (χ1n) is 7.62. The zero-order valence-corrected chi connectivity index (χ0v) is 17.7. The molecule has 0 fully saturated rings. The van der Waals surface area contributed by atoms with Crippen molar-refractivity contribution in [2.45, 2.75) is 24.8 Å². The van der Waals surface area contributed by atoms with E-state index in [-0.39, 0.29) is 5.56 Å². The fourth-order valence-electron chi connectivity index (χ4n) is 2.71. The maximum absolute atomic E-state index is 12.4. The molecule has 0 atom stereocenters. The maximum atomic E-state index is 12.4. The fraction of sp³-hybridized carbons (Fsp3) is 0.188. The first-order valence-corrected chi connectivity index (χ1v) is 10.2. The van der Waals surface area contributed by atoms with E-state index in [4.69, 9.17) is 0 Å². The van der Waals surface area contributed by atoms with Gasteiger partial charge in [0.25, 0.3) is 11.3 Å². The zero-order chi connectivity index (χ0) is 18.4. The van der Waals surface area contributed by atoms with Crippen molar-refractivity contribution in [1.29, 1.82) is 0 Å². The van der Waals surface area contributed by atoms with Gasteiger partial charge in [-0.1, -0.05) is 27.7 Å². The number of hydrogen-bond acceptors (Lipinski definition) is 6. The molecule has 1 aromatic carbocycles. The van der Waals surface area contributed by atoms with Crippen LogP contribution in [0.5, 0.6) is 0 Å². The van der Waals surface area contributed by atoms with Crippen LogP contribution >= 0.6 is 43.6 Å². The van der Waals surface area contributed by atoms with Crippen LogP contribution in [-0.2, 0) is 5.75 Å². The summed E-state index contributed by atoms with van der Waals surface area (Å²) in [7, 11) is 0. The van der Waals surface area contributed by atoms with Crippen LogP contribution in [0.15, 0.2) is 37.1 Å². The largest absolute Gasteiger partial charge is 0.309 e. The number of nitrogens with zero attached hydrogens (tertiary/aromatic N) is 5. The van der Waals surface area contributed by atoms with E-state index in [1.807, 2.05) is 30.4 Å². The van der Waals surface area contributed by atoms with E-state index in [2.05, 4.69) is 57.0 Å². The van der Waals surface area contributed by atoms with Gasteiger partial charge in [0.1, 0.15) is 5.82 Å². The molecule has 0 radical (unpaired) electrons. The van der Waals surface area contributed by atoms with Crippen molar-refractivity contribution in [3.8, 4) is 0 Å². The van der Waals surface area contributed by atoms with Crippen molar-refractivity contribution in [2.24, 2.45) is 0 Å². The molecule has 4 aromatic rings. The predicted octanol–water partition coefficient (Wildman–Crippen LogP) is 3.79. The number of aromatic amines is 1. The van der Waals surface area contributed by atoms with Crippen LogP contribution in [0.2, 0.25) is 0 Å². The minimum atomic E-state index is -0.174. The number of nitrogens with one attached hydrogen (secondary N) is 1. The van der Waals surface area contributed by atoms with Crippen LogP contribution in [0.3, 0.4) is 0 Å². The highest BCUT2D eigenvalue weighted by Crippen LogP contribution is 2.26. The molecule has 26 heavy (non-hydrogen) atoms. The average Bonchev–Trinajstić information content (AvgIpc) is 2.97. The summed E-state index contributed by atoms with van der Waals surface area (Å²) in [6, 6.07) is 5.60. The van der Waals surface area contributed by atoms with Crippen LogP contribution < -0.4 is 5.56 Å². The second kappa shape index (κ2) is 6.75. The van der Waals surface area contributed by atoms with Crippen LogP contribution in [0, 0.1) is 13.8 Å². The van der Waals surface area contributed by atoms with Gasteiger partial charge < -0.3 is 4.98 Å². The Kier molecular flexibility index (Phi) is 4.57. The summed E-state index contributed by atoms with van der Waals surface area (Å²) >= 11 is 8.31. The molecule has 0 amide bonds. The lowest BCUT2D eigenvalue weighted by molar-refractivity contribution is 0.883. The summed E-state index contributed by atoms with van der Waals surface area (Å²) in [4.78, 5) is 24.2. The summed E-state index contributed by atoms with van der Waals surface area (Å²) in [6.45, 7) is 3.91. The van der Waals surface area contributed by atoms with Crippen molar-refractivity contribution < 1.29 is 0 Å². The summed E-state index contributed by atoms with van der Waals surface area (Å²) in [5.74, 6) is 1.60. The molecule has 0 saturated heterocycles. The summed E-state index contributed by atoms with van der Waals surface area (Å²) in [6.07, 6.45) is 0. The standard InChI is InChI=1S/C16H12Br2N6OS/c1-7-3-8(2)24-15(19-7)22-23-16(24)26-6-12-20-13-10(14(25)21-12)4-9(17)5-11(13)18/h3-5H,6H2,1-2H3,(H,20,21,25). The topological polar surface area (TPSA) is 88.8 Å². The SMILES string of the molecule is Cc1cc(C)n2c(SCc3nc4c(Br)cc(Br)cc4c(=O)[nH]3)nnc2n1. The highest BCUT2D eigenvalue weighted by Gasteiger charge is 2.13. The van der Waals surface area contributed by atoms with E-state index in [1.165, 1.54) is 11.8 Å². The van der Waals surface area contributed by atoms with Gasteiger partial charge in [0.05, 0.1) is 16.7 Å². The van der Waals surface area contributed by atoms with E-state index in [1.54, 1.807) is 6.07 Å². The van der Waals surface area contributed by atoms with Gasteiger partial charge >= 0.3 is 0 Å². The molecule has 3 aromatic heterocycles. The first kappa shape index (κ1) is 17.6. The number of aromatic nitrogens is 6. The first-order chi connectivity index (χ1) is 12.4. The molecule has 0 aliphatic carbocycles. The van der Waals surface area contributed by atoms with E-state index in [9.17, 15) is 4.79 Å². The summed E-state index contributed by atoms with van der Waals surface area (Å²) in [5, 5.41) is 9.57. The lowest BCUT2D eigenvalue weighted by Crippen LogP contribution is -2.11. The lowest BCUT2D eigenvalue weighted by Gasteiger charge is -2.06. The predicted molar refractivity (Wildman–Crippen MR) is 108 cm³/mol. The molecule has 0 saturated carbocycles. The zero-order valence-electron chi connectivity index (χ0n) is 13.7. The van der Waals surface area contributed by atoms with Crippen LogP contribution in [0.4, 0.5) is 0 Å². The highest BCUT2D eigenvalue weighted by molar-refractivity contribution is 9.11. The van der Waals surface area contributed by atoms with Gasteiger partial charge in [-0.05, 0) is 48.0 Å².